The average molecular weight is 247 g/mol. The van der Waals surface area contributed by atoms with Crippen molar-refractivity contribution in [3.8, 4) is 0 Å². The normalized spacial score (nSPS) is 10.5. The van der Waals surface area contributed by atoms with Gasteiger partial charge in [0.1, 0.15) is 5.01 Å². The van der Waals surface area contributed by atoms with Crippen LogP contribution < -0.4 is 5.32 Å². The van der Waals surface area contributed by atoms with E-state index < -0.39 is 0 Å². The molecule has 1 N–H and O–H groups in total. The van der Waals surface area contributed by atoms with E-state index in [9.17, 15) is 0 Å². The Bertz CT molecular complexity index is 505. The van der Waals surface area contributed by atoms with Gasteiger partial charge in [0.05, 0.1) is 0 Å². The fourth-order valence-electron chi connectivity index (χ4n) is 1.68. The quantitative estimate of drug-likeness (QED) is 0.900. The number of hydrogen-bond acceptors (Lipinski definition) is 4. The van der Waals surface area contributed by atoms with E-state index in [1.807, 2.05) is 0 Å². The minimum absolute atomic E-state index is 0.810. The Morgan fingerprint density at radius 2 is 2.06 bits per heavy atom. The molecule has 1 heterocycles. The minimum atomic E-state index is 0.810. The van der Waals surface area contributed by atoms with Crippen molar-refractivity contribution in [2.24, 2.45) is 0 Å². The van der Waals surface area contributed by atoms with Crippen LogP contribution >= 0.6 is 11.3 Å². The lowest BCUT2D eigenvalue weighted by atomic mass is 10.1. The second-order valence-electron chi connectivity index (χ2n) is 4.14. The lowest BCUT2D eigenvalue weighted by molar-refractivity contribution is 0.974. The van der Waals surface area contributed by atoms with E-state index in [-0.39, 0.29) is 0 Å². The second-order valence-corrected chi connectivity index (χ2v) is 5.20. The van der Waals surface area contributed by atoms with Gasteiger partial charge in [-0.1, -0.05) is 42.0 Å². The lowest BCUT2D eigenvalue weighted by Crippen LogP contribution is -2.01. The summed E-state index contributed by atoms with van der Waals surface area (Å²) in [6.45, 7) is 7.16. The molecule has 0 unspecified atom stereocenters. The van der Waals surface area contributed by atoms with Crippen LogP contribution in [0.3, 0.4) is 0 Å². The number of hydrogen-bond donors (Lipinski definition) is 1. The number of nitrogens with zero attached hydrogens (tertiary/aromatic N) is 2. The molecule has 0 aliphatic heterocycles. The van der Waals surface area contributed by atoms with Crippen molar-refractivity contribution in [2.75, 3.05) is 5.32 Å². The van der Waals surface area contributed by atoms with Gasteiger partial charge in [-0.3, -0.25) is 0 Å². The smallest absolute Gasteiger partial charge is 0.205 e. The number of anilines is 1. The average Bonchev–Trinajstić information content (AvgIpc) is 2.76. The van der Waals surface area contributed by atoms with Crippen LogP contribution in [-0.2, 0) is 13.0 Å². The largest absolute Gasteiger partial charge is 0.356 e. The summed E-state index contributed by atoms with van der Waals surface area (Å²) < 4.78 is 0. The third kappa shape index (κ3) is 3.03. The molecule has 0 saturated heterocycles. The van der Waals surface area contributed by atoms with Gasteiger partial charge in [0.2, 0.25) is 5.13 Å². The fourth-order valence-corrected chi connectivity index (χ4v) is 2.36. The van der Waals surface area contributed by atoms with Gasteiger partial charge in [-0.25, -0.2) is 0 Å². The van der Waals surface area contributed by atoms with Gasteiger partial charge in [-0.05, 0) is 31.4 Å². The van der Waals surface area contributed by atoms with Crippen LogP contribution in [0.1, 0.15) is 28.6 Å². The maximum absolute atomic E-state index is 4.11. The Morgan fingerprint density at radius 3 is 2.71 bits per heavy atom. The molecule has 1 aromatic carbocycles. The Balaban J connectivity index is 2.02. The molecule has 0 atom stereocenters. The van der Waals surface area contributed by atoms with E-state index in [1.54, 1.807) is 11.3 Å². The molecule has 0 radical (unpaired) electrons. The Morgan fingerprint density at radius 1 is 1.24 bits per heavy atom. The van der Waals surface area contributed by atoms with E-state index in [0.717, 1.165) is 23.1 Å². The predicted octanol–water partition coefficient (Wildman–Crippen LogP) is 3.33. The van der Waals surface area contributed by atoms with Gasteiger partial charge < -0.3 is 5.32 Å². The number of aryl methyl sites for hydroxylation is 3. The summed E-state index contributed by atoms with van der Waals surface area (Å²) in [6.07, 6.45) is 0.947. The molecule has 4 heteroatoms. The molecule has 2 rings (SSSR count). The van der Waals surface area contributed by atoms with Crippen LogP contribution in [0, 0.1) is 13.8 Å². The van der Waals surface area contributed by atoms with Gasteiger partial charge in [-0.15, -0.1) is 10.2 Å². The van der Waals surface area contributed by atoms with E-state index in [4.69, 9.17) is 0 Å². The van der Waals surface area contributed by atoms with Crippen LogP contribution in [0.2, 0.25) is 0 Å². The highest BCUT2D eigenvalue weighted by molar-refractivity contribution is 7.15. The first kappa shape index (κ1) is 12.0. The highest BCUT2D eigenvalue weighted by Crippen LogP contribution is 2.17. The summed E-state index contributed by atoms with van der Waals surface area (Å²) in [5, 5.41) is 13.5. The van der Waals surface area contributed by atoms with Crippen LogP contribution in [0.4, 0.5) is 5.13 Å². The molecule has 2 aromatic rings. The van der Waals surface area contributed by atoms with E-state index in [2.05, 4.69) is 54.5 Å². The summed E-state index contributed by atoms with van der Waals surface area (Å²) in [5.41, 5.74) is 3.93. The molecule has 0 aliphatic rings. The van der Waals surface area contributed by atoms with Gasteiger partial charge in [-0.2, -0.15) is 0 Å². The van der Waals surface area contributed by atoms with E-state index in [1.165, 1.54) is 16.7 Å². The molecule has 17 heavy (non-hydrogen) atoms. The van der Waals surface area contributed by atoms with Crippen LogP contribution in [0.15, 0.2) is 18.2 Å². The van der Waals surface area contributed by atoms with Gasteiger partial charge >= 0.3 is 0 Å². The zero-order valence-electron chi connectivity index (χ0n) is 10.4. The SMILES string of the molecule is CCc1nnc(NCc2ccc(C)cc2C)s1. The fraction of sp³-hybridized carbons (Fsp3) is 0.385. The molecule has 0 fully saturated rings. The standard InChI is InChI=1S/C13H17N3S/c1-4-12-15-16-13(17-12)14-8-11-6-5-9(2)7-10(11)3/h5-7H,4,8H2,1-3H3,(H,14,16). The molecule has 0 saturated carbocycles. The number of aromatic nitrogens is 2. The van der Waals surface area contributed by atoms with Gasteiger partial charge in [0, 0.05) is 6.54 Å². The molecular weight excluding hydrogens is 230 g/mol. The summed E-state index contributed by atoms with van der Waals surface area (Å²) >= 11 is 1.63. The minimum Gasteiger partial charge on any atom is -0.356 e. The second kappa shape index (κ2) is 5.27. The van der Waals surface area contributed by atoms with Crippen LogP contribution in [-0.4, -0.2) is 10.2 Å². The van der Waals surface area contributed by atoms with Crippen molar-refractivity contribution in [3.05, 3.63) is 39.9 Å². The van der Waals surface area contributed by atoms with Crippen molar-refractivity contribution in [1.82, 2.24) is 10.2 Å². The lowest BCUT2D eigenvalue weighted by Gasteiger charge is -2.07. The van der Waals surface area contributed by atoms with Crippen molar-refractivity contribution in [1.29, 1.82) is 0 Å². The highest BCUT2D eigenvalue weighted by Gasteiger charge is 2.03. The maximum Gasteiger partial charge on any atom is 0.205 e. The first-order valence-corrected chi connectivity index (χ1v) is 6.63. The van der Waals surface area contributed by atoms with E-state index in [0.29, 0.717) is 0 Å². The number of rotatable bonds is 4. The Hall–Kier alpha value is -1.42. The zero-order valence-corrected chi connectivity index (χ0v) is 11.3. The predicted molar refractivity (Wildman–Crippen MR) is 72.5 cm³/mol. The van der Waals surface area contributed by atoms with Crippen LogP contribution in [0.5, 0.6) is 0 Å². The summed E-state index contributed by atoms with van der Waals surface area (Å²) in [4.78, 5) is 0. The first-order chi connectivity index (χ1) is 8.19. The molecule has 3 nitrogen and oxygen atoms in total. The molecule has 1 aromatic heterocycles. The number of nitrogens with one attached hydrogen (secondary N) is 1. The Labute approximate surface area is 106 Å². The Kier molecular flexibility index (Phi) is 3.74. The molecular formula is C13H17N3S. The maximum atomic E-state index is 4.11. The highest BCUT2D eigenvalue weighted by atomic mass is 32.1. The topological polar surface area (TPSA) is 37.8 Å². The zero-order chi connectivity index (χ0) is 12.3. The van der Waals surface area contributed by atoms with Crippen molar-refractivity contribution < 1.29 is 0 Å². The first-order valence-electron chi connectivity index (χ1n) is 5.81. The van der Waals surface area contributed by atoms with Crippen molar-refractivity contribution in [2.45, 2.75) is 33.7 Å². The molecule has 90 valence electrons. The van der Waals surface area contributed by atoms with E-state index >= 15 is 0 Å². The summed E-state index contributed by atoms with van der Waals surface area (Å²) in [5.74, 6) is 0. The summed E-state index contributed by atoms with van der Waals surface area (Å²) in [6, 6.07) is 6.51. The third-order valence-electron chi connectivity index (χ3n) is 2.70. The molecule has 0 bridgehead atoms. The molecule has 0 spiro atoms. The molecule has 0 amide bonds. The number of benzene rings is 1. The van der Waals surface area contributed by atoms with Gasteiger partial charge in [0.25, 0.3) is 0 Å². The summed E-state index contributed by atoms with van der Waals surface area (Å²) in [7, 11) is 0. The van der Waals surface area contributed by atoms with Crippen LogP contribution in [0.25, 0.3) is 0 Å². The van der Waals surface area contributed by atoms with Crippen molar-refractivity contribution in [3.63, 3.8) is 0 Å². The molecule has 0 aliphatic carbocycles. The monoisotopic (exact) mass is 247 g/mol. The van der Waals surface area contributed by atoms with Crippen molar-refractivity contribution >= 4 is 16.5 Å². The third-order valence-corrected chi connectivity index (χ3v) is 3.72. The van der Waals surface area contributed by atoms with Gasteiger partial charge in [0.15, 0.2) is 0 Å².